The molecule has 0 fully saturated rings. The number of rotatable bonds is 3. The first-order valence-corrected chi connectivity index (χ1v) is 6.32. The van der Waals surface area contributed by atoms with Crippen LogP contribution >= 0.6 is 0 Å². The van der Waals surface area contributed by atoms with Crippen LogP contribution < -0.4 is 0 Å². The predicted molar refractivity (Wildman–Crippen MR) is 58.0 cm³/mol. The highest BCUT2D eigenvalue weighted by atomic mass is 32.2. The van der Waals surface area contributed by atoms with Crippen LogP contribution in [-0.2, 0) is 15.6 Å². The molecule has 0 unspecified atom stereocenters. The topological polar surface area (TPSA) is 84.6 Å². The Hall–Kier alpha value is -1.30. The second kappa shape index (κ2) is 3.93. The fourth-order valence-corrected chi connectivity index (χ4v) is 1.93. The maximum absolute atomic E-state index is 11.8. The van der Waals surface area contributed by atoms with Gasteiger partial charge in [-0.25, -0.2) is 13.2 Å². The monoisotopic (exact) mass is 246 g/mol. The molecule has 0 aliphatic rings. The molecule has 0 aliphatic carbocycles. The van der Waals surface area contributed by atoms with Crippen molar-refractivity contribution in [1.82, 2.24) is 0 Å². The number of carboxylic acid groups (broad SMARTS) is 1. The van der Waals surface area contributed by atoms with Gasteiger partial charge in [0.25, 0.3) is 0 Å². The lowest BCUT2D eigenvalue weighted by Gasteiger charge is -2.17. The molecule has 0 atom stereocenters. The van der Waals surface area contributed by atoms with Gasteiger partial charge < -0.3 is 9.52 Å². The molecule has 1 aromatic heterocycles. The zero-order chi connectivity index (χ0) is 12.6. The van der Waals surface area contributed by atoms with E-state index >= 15 is 0 Å². The van der Waals surface area contributed by atoms with E-state index < -0.39 is 20.6 Å². The maximum Gasteiger partial charge on any atom is 0.338 e. The van der Waals surface area contributed by atoms with Gasteiger partial charge in [0.1, 0.15) is 17.8 Å². The summed E-state index contributed by atoms with van der Waals surface area (Å²) in [5, 5.41) is 8.65. The first-order valence-electron chi connectivity index (χ1n) is 4.66. The van der Waals surface area contributed by atoms with Crippen molar-refractivity contribution in [1.29, 1.82) is 0 Å². The van der Waals surface area contributed by atoms with E-state index in [1.807, 2.05) is 0 Å². The van der Waals surface area contributed by atoms with Crippen LogP contribution in [0.5, 0.6) is 0 Å². The molecule has 1 aromatic rings. The predicted octanol–water partition coefficient (Wildman–Crippen LogP) is 1.69. The number of carboxylic acids is 1. The fraction of sp³-hybridized carbons (Fsp3) is 0.500. The van der Waals surface area contributed by atoms with E-state index in [0.717, 1.165) is 6.26 Å². The van der Waals surface area contributed by atoms with Gasteiger partial charge in [0.15, 0.2) is 9.84 Å². The molecule has 1 N–H and O–H groups in total. The summed E-state index contributed by atoms with van der Waals surface area (Å²) in [5.41, 5.74) is -0.0425. The SMILES string of the molecule is CC(C)(C)S(=O)(=O)Cc1cc(C(=O)O)co1. The van der Waals surface area contributed by atoms with Gasteiger partial charge in [0.05, 0.1) is 10.3 Å². The van der Waals surface area contributed by atoms with Crippen LogP contribution in [0.1, 0.15) is 36.9 Å². The Bertz CT molecular complexity index is 490. The molecular weight excluding hydrogens is 232 g/mol. The van der Waals surface area contributed by atoms with Crippen LogP contribution in [0.25, 0.3) is 0 Å². The highest BCUT2D eigenvalue weighted by Crippen LogP contribution is 2.21. The van der Waals surface area contributed by atoms with Gasteiger partial charge in [0, 0.05) is 0 Å². The first-order chi connectivity index (χ1) is 7.13. The average Bonchev–Trinajstić information content (AvgIpc) is 2.49. The molecular formula is C10H14O5S. The standard InChI is InChI=1S/C10H14O5S/c1-10(2,3)16(13,14)6-8-4-7(5-15-8)9(11)12/h4-5H,6H2,1-3H3,(H,11,12). The summed E-state index contributed by atoms with van der Waals surface area (Å²) in [6.45, 7) is 4.76. The minimum absolute atomic E-state index is 0.0425. The second-order valence-electron chi connectivity index (χ2n) is 4.48. The molecule has 0 aliphatic heterocycles. The van der Waals surface area contributed by atoms with E-state index in [2.05, 4.69) is 0 Å². The Morgan fingerprint density at radius 3 is 2.38 bits per heavy atom. The Morgan fingerprint density at radius 2 is 2.00 bits per heavy atom. The zero-order valence-electron chi connectivity index (χ0n) is 9.35. The van der Waals surface area contributed by atoms with Gasteiger partial charge in [-0.1, -0.05) is 0 Å². The normalized spacial score (nSPS) is 12.7. The zero-order valence-corrected chi connectivity index (χ0v) is 10.2. The van der Waals surface area contributed by atoms with E-state index in [9.17, 15) is 13.2 Å². The number of furan rings is 1. The molecule has 0 bridgehead atoms. The third-order valence-corrected chi connectivity index (χ3v) is 4.70. The Morgan fingerprint density at radius 1 is 1.44 bits per heavy atom. The van der Waals surface area contributed by atoms with Gasteiger partial charge in [-0.3, -0.25) is 0 Å². The summed E-state index contributed by atoms with van der Waals surface area (Å²) in [4.78, 5) is 10.6. The maximum atomic E-state index is 11.8. The molecule has 16 heavy (non-hydrogen) atoms. The van der Waals surface area contributed by atoms with Gasteiger partial charge >= 0.3 is 5.97 Å². The summed E-state index contributed by atoms with van der Waals surface area (Å²) in [6, 6.07) is 1.23. The van der Waals surface area contributed by atoms with Crippen molar-refractivity contribution in [3.8, 4) is 0 Å². The summed E-state index contributed by atoms with van der Waals surface area (Å²) < 4.78 is 27.6. The lowest BCUT2D eigenvalue weighted by Crippen LogP contribution is -2.29. The van der Waals surface area contributed by atoms with Gasteiger partial charge in [0.2, 0.25) is 0 Å². The van der Waals surface area contributed by atoms with Crippen molar-refractivity contribution in [2.45, 2.75) is 31.3 Å². The molecule has 1 rings (SSSR count). The Balaban J connectivity index is 2.94. The lowest BCUT2D eigenvalue weighted by atomic mass is 10.3. The van der Waals surface area contributed by atoms with Gasteiger partial charge in [-0.2, -0.15) is 0 Å². The van der Waals surface area contributed by atoms with Gasteiger partial charge in [-0.15, -0.1) is 0 Å². The van der Waals surface area contributed by atoms with Crippen molar-refractivity contribution in [2.75, 3.05) is 0 Å². The van der Waals surface area contributed by atoms with Crippen molar-refractivity contribution >= 4 is 15.8 Å². The number of sulfone groups is 1. The van der Waals surface area contributed by atoms with E-state index in [1.165, 1.54) is 6.07 Å². The minimum atomic E-state index is -3.35. The van der Waals surface area contributed by atoms with Crippen molar-refractivity contribution in [3.05, 3.63) is 23.7 Å². The highest BCUT2D eigenvalue weighted by Gasteiger charge is 2.30. The van der Waals surface area contributed by atoms with E-state index in [1.54, 1.807) is 20.8 Å². The van der Waals surface area contributed by atoms with Crippen LogP contribution in [0.4, 0.5) is 0 Å². The Kier molecular flexibility index (Phi) is 3.14. The van der Waals surface area contributed by atoms with E-state index in [4.69, 9.17) is 9.52 Å². The molecule has 0 saturated heterocycles. The molecule has 90 valence electrons. The van der Waals surface area contributed by atoms with Crippen molar-refractivity contribution < 1.29 is 22.7 Å². The quantitative estimate of drug-likeness (QED) is 0.877. The fourth-order valence-electron chi connectivity index (χ4n) is 0.972. The van der Waals surface area contributed by atoms with Crippen LogP contribution in [0.3, 0.4) is 0 Å². The summed E-state index contributed by atoms with van der Waals surface area (Å²) in [6.07, 6.45) is 1.04. The number of hydrogen-bond acceptors (Lipinski definition) is 4. The second-order valence-corrected chi connectivity index (χ2v) is 7.22. The van der Waals surface area contributed by atoms with Crippen molar-refractivity contribution in [2.24, 2.45) is 0 Å². The average molecular weight is 246 g/mol. The summed E-state index contributed by atoms with van der Waals surface area (Å²) in [7, 11) is -3.35. The summed E-state index contributed by atoms with van der Waals surface area (Å²) >= 11 is 0. The molecule has 0 amide bonds. The summed E-state index contributed by atoms with van der Waals surface area (Å²) in [5.74, 6) is -1.28. The molecule has 0 aromatic carbocycles. The molecule has 5 nitrogen and oxygen atoms in total. The lowest BCUT2D eigenvalue weighted by molar-refractivity contribution is 0.0696. The van der Waals surface area contributed by atoms with Crippen LogP contribution in [0, 0.1) is 0 Å². The molecule has 6 heteroatoms. The first kappa shape index (κ1) is 12.8. The van der Waals surface area contributed by atoms with Crippen molar-refractivity contribution in [3.63, 3.8) is 0 Å². The van der Waals surface area contributed by atoms with Crippen LogP contribution in [0.2, 0.25) is 0 Å². The third kappa shape index (κ3) is 2.63. The molecule has 1 heterocycles. The van der Waals surface area contributed by atoms with Gasteiger partial charge in [-0.05, 0) is 26.8 Å². The highest BCUT2D eigenvalue weighted by molar-refractivity contribution is 7.91. The Labute approximate surface area is 94.0 Å². The number of hydrogen-bond donors (Lipinski definition) is 1. The molecule has 0 saturated carbocycles. The van der Waals surface area contributed by atoms with Crippen LogP contribution in [-0.4, -0.2) is 24.2 Å². The number of aromatic carboxylic acids is 1. The molecule has 0 radical (unpaired) electrons. The third-order valence-electron chi connectivity index (χ3n) is 2.17. The molecule has 0 spiro atoms. The minimum Gasteiger partial charge on any atom is -0.478 e. The largest absolute Gasteiger partial charge is 0.478 e. The smallest absolute Gasteiger partial charge is 0.338 e. The van der Waals surface area contributed by atoms with E-state index in [-0.39, 0.29) is 17.1 Å². The van der Waals surface area contributed by atoms with E-state index in [0.29, 0.717) is 0 Å². The van der Waals surface area contributed by atoms with Crippen LogP contribution in [0.15, 0.2) is 16.7 Å². The number of carbonyl (C=O) groups is 1.